The van der Waals surface area contributed by atoms with E-state index in [0.29, 0.717) is 13.2 Å². The fraction of sp³-hybridized carbons (Fsp3) is 0.538. The zero-order chi connectivity index (χ0) is 12.1. The van der Waals surface area contributed by atoms with Crippen LogP contribution in [0.1, 0.15) is 13.8 Å². The minimum atomic E-state index is -1.28. The standard InChI is InChI=1S/C13H21NO2Si/c1-3-15-13(16-4-2)14-10-11-17(13)12-8-6-5-7-9-12/h5-9,14,17H,3-4,10-11H2,1-2H3. The van der Waals surface area contributed by atoms with Gasteiger partial charge in [-0.2, -0.15) is 0 Å². The van der Waals surface area contributed by atoms with Crippen LogP contribution in [-0.4, -0.2) is 34.1 Å². The maximum Gasteiger partial charge on any atom is 0.206 e. The van der Waals surface area contributed by atoms with Gasteiger partial charge in [-0.3, -0.25) is 5.32 Å². The average Bonchev–Trinajstić information content (AvgIpc) is 2.75. The quantitative estimate of drug-likeness (QED) is 0.625. The van der Waals surface area contributed by atoms with E-state index in [-0.39, 0.29) is 0 Å². The molecule has 0 bridgehead atoms. The number of hydrogen-bond acceptors (Lipinski definition) is 3. The number of hydrogen-bond donors (Lipinski definition) is 1. The summed E-state index contributed by atoms with van der Waals surface area (Å²) in [6.07, 6.45) is 0. The minimum Gasteiger partial charge on any atom is -0.341 e. The molecule has 1 aliphatic heterocycles. The Kier molecular flexibility index (Phi) is 4.34. The van der Waals surface area contributed by atoms with Gasteiger partial charge in [0, 0.05) is 13.2 Å². The maximum atomic E-state index is 5.93. The molecular weight excluding hydrogens is 230 g/mol. The minimum absolute atomic E-state index is 0.495. The van der Waals surface area contributed by atoms with Gasteiger partial charge in [-0.1, -0.05) is 35.5 Å². The molecule has 1 saturated heterocycles. The first kappa shape index (κ1) is 12.8. The number of rotatable bonds is 5. The highest BCUT2D eigenvalue weighted by Gasteiger charge is 2.46. The average molecular weight is 251 g/mol. The summed E-state index contributed by atoms with van der Waals surface area (Å²) >= 11 is 0. The summed E-state index contributed by atoms with van der Waals surface area (Å²) < 4.78 is 11.9. The van der Waals surface area contributed by atoms with Gasteiger partial charge >= 0.3 is 0 Å². The lowest BCUT2D eigenvalue weighted by Crippen LogP contribution is -2.59. The normalized spacial score (nSPS) is 22.8. The van der Waals surface area contributed by atoms with Gasteiger partial charge in [0.15, 0.2) is 8.80 Å². The molecular formula is C13H21NO2Si. The predicted molar refractivity (Wildman–Crippen MR) is 72.0 cm³/mol. The molecule has 1 aliphatic rings. The summed E-state index contributed by atoms with van der Waals surface area (Å²) in [4.78, 5) is 0. The Hall–Kier alpha value is -0.683. The van der Waals surface area contributed by atoms with E-state index < -0.39 is 14.3 Å². The van der Waals surface area contributed by atoms with Crippen LogP contribution in [0.2, 0.25) is 6.04 Å². The van der Waals surface area contributed by atoms with E-state index in [9.17, 15) is 0 Å². The van der Waals surface area contributed by atoms with Crippen LogP contribution in [0.15, 0.2) is 30.3 Å². The summed E-state index contributed by atoms with van der Waals surface area (Å²) in [5.41, 5.74) is -0.495. The second-order valence-electron chi connectivity index (χ2n) is 4.21. The van der Waals surface area contributed by atoms with Gasteiger partial charge in [0.25, 0.3) is 0 Å². The molecule has 0 radical (unpaired) electrons. The molecule has 0 aliphatic carbocycles. The Morgan fingerprint density at radius 2 is 1.82 bits per heavy atom. The molecule has 1 N–H and O–H groups in total. The SMILES string of the molecule is CCOC1(OCC)NCC[SiH]1c1ccccc1. The smallest absolute Gasteiger partial charge is 0.206 e. The molecule has 1 heterocycles. The van der Waals surface area contributed by atoms with E-state index in [1.165, 1.54) is 11.2 Å². The summed E-state index contributed by atoms with van der Waals surface area (Å²) in [5, 5.41) is 4.85. The van der Waals surface area contributed by atoms with Crippen molar-refractivity contribution in [3.8, 4) is 0 Å². The molecule has 17 heavy (non-hydrogen) atoms. The zero-order valence-electron chi connectivity index (χ0n) is 10.6. The number of ether oxygens (including phenoxy) is 2. The van der Waals surface area contributed by atoms with Crippen LogP contribution in [0.4, 0.5) is 0 Å². The topological polar surface area (TPSA) is 30.5 Å². The Bertz CT molecular complexity index is 339. The van der Waals surface area contributed by atoms with Crippen LogP contribution in [0.5, 0.6) is 0 Å². The van der Waals surface area contributed by atoms with Gasteiger partial charge in [-0.25, -0.2) is 0 Å². The van der Waals surface area contributed by atoms with Crippen molar-refractivity contribution in [2.24, 2.45) is 0 Å². The fourth-order valence-electron chi connectivity index (χ4n) is 2.55. The first-order valence-electron chi connectivity index (χ1n) is 6.40. The fourth-order valence-corrected chi connectivity index (χ4v) is 5.95. The van der Waals surface area contributed by atoms with E-state index in [1.54, 1.807) is 0 Å². The Morgan fingerprint density at radius 3 is 2.41 bits per heavy atom. The van der Waals surface area contributed by atoms with Crippen molar-refractivity contribution < 1.29 is 9.47 Å². The van der Waals surface area contributed by atoms with Crippen LogP contribution >= 0.6 is 0 Å². The number of benzene rings is 1. The van der Waals surface area contributed by atoms with Crippen molar-refractivity contribution in [2.75, 3.05) is 19.8 Å². The lowest BCUT2D eigenvalue weighted by molar-refractivity contribution is -0.190. The van der Waals surface area contributed by atoms with Gasteiger partial charge in [-0.05, 0) is 26.4 Å². The van der Waals surface area contributed by atoms with E-state index >= 15 is 0 Å². The van der Waals surface area contributed by atoms with Crippen LogP contribution in [0, 0.1) is 0 Å². The van der Waals surface area contributed by atoms with Crippen molar-refractivity contribution in [1.82, 2.24) is 5.32 Å². The Morgan fingerprint density at radius 1 is 1.18 bits per heavy atom. The highest BCUT2D eigenvalue weighted by Crippen LogP contribution is 2.22. The van der Waals surface area contributed by atoms with Gasteiger partial charge in [0.2, 0.25) is 5.53 Å². The zero-order valence-corrected chi connectivity index (χ0v) is 11.8. The van der Waals surface area contributed by atoms with Crippen molar-refractivity contribution in [3.63, 3.8) is 0 Å². The molecule has 2 rings (SSSR count). The highest BCUT2D eigenvalue weighted by atomic mass is 28.3. The molecule has 1 aromatic rings. The molecule has 0 saturated carbocycles. The molecule has 94 valence electrons. The molecule has 0 spiro atoms. The third kappa shape index (κ3) is 2.60. The first-order chi connectivity index (χ1) is 8.32. The molecule has 0 amide bonds. The monoisotopic (exact) mass is 251 g/mol. The van der Waals surface area contributed by atoms with Crippen molar-refractivity contribution in [1.29, 1.82) is 0 Å². The number of nitrogens with one attached hydrogen (secondary N) is 1. The summed E-state index contributed by atoms with van der Waals surface area (Å²) in [6.45, 7) is 6.41. The van der Waals surface area contributed by atoms with Gasteiger partial charge in [-0.15, -0.1) is 0 Å². The molecule has 3 nitrogen and oxygen atoms in total. The lowest BCUT2D eigenvalue weighted by atomic mass is 10.4. The van der Waals surface area contributed by atoms with E-state index in [1.807, 2.05) is 13.8 Å². The summed E-state index contributed by atoms with van der Waals surface area (Å²) in [7, 11) is -1.28. The van der Waals surface area contributed by atoms with Crippen LogP contribution < -0.4 is 10.5 Å². The van der Waals surface area contributed by atoms with Crippen LogP contribution in [0.25, 0.3) is 0 Å². The largest absolute Gasteiger partial charge is 0.341 e. The second kappa shape index (κ2) is 5.77. The van der Waals surface area contributed by atoms with Crippen molar-refractivity contribution in [3.05, 3.63) is 30.3 Å². The molecule has 0 aromatic heterocycles. The second-order valence-corrected chi connectivity index (χ2v) is 7.32. The molecule has 1 aromatic carbocycles. The first-order valence-corrected chi connectivity index (χ1v) is 8.37. The Balaban J connectivity index is 2.25. The third-order valence-electron chi connectivity index (χ3n) is 3.18. The van der Waals surface area contributed by atoms with Crippen molar-refractivity contribution in [2.45, 2.75) is 25.4 Å². The van der Waals surface area contributed by atoms with Gasteiger partial charge in [0.1, 0.15) is 0 Å². The van der Waals surface area contributed by atoms with Gasteiger partial charge < -0.3 is 9.47 Å². The van der Waals surface area contributed by atoms with E-state index in [2.05, 4.69) is 35.6 Å². The molecule has 4 heteroatoms. The molecule has 1 atom stereocenters. The summed E-state index contributed by atoms with van der Waals surface area (Å²) in [6, 6.07) is 11.9. The molecule has 1 unspecified atom stereocenters. The third-order valence-corrected chi connectivity index (χ3v) is 6.69. The van der Waals surface area contributed by atoms with Crippen LogP contribution in [-0.2, 0) is 9.47 Å². The Labute approximate surface area is 105 Å². The van der Waals surface area contributed by atoms with E-state index in [0.717, 1.165) is 6.54 Å². The van der Waals surface area contributed by atoms with Gasteiger partial charge in [0.05, 0.1) is 0 Å². The highest BCUT2D eigenvalue weighted by molar-refractivity contribution is 6.76. The van der Waals surface area contributed by atoms with Crippen molar-refractivity contribution >= 4 is 14.0 Å². The molecule has 1 fully saturated rings. The maximum absolute atomic E-state index is 5.93. The van der Waals surface area contributed by atoms with Crippen LogP contribution in [0.3, 0.4) is 0 Å². The summed E-state index contributed by atoms with van der Waals surface area (Å²) in [5.74, 6) is 0. The van der Waals surface area contributed by atoms with E-state index in [4.69, 9.17) is 9.47 Å². The predicted octanol–water partition coefficient (Wildman–Crippen LogP) is 0.990. The lowest BCUT2D eigenvalue weighted by Gasteiger charge is -2.34.